The Kier molecular flexibility index (Phi) is 1.69. The zero-order valence-corrected chi connectivity index (χ0v) is 7.78. The Morgan fingerprint density at radius 3 is 2.85 bits per heavy atom. The first-order valence-corrected chi connectivity index (χ1v) is 4.30. The highest BCUT2D eigenvalue weighted by atomic mass is 15.0. The van der Waals surface area contributed by atoms with E-state index in [2.05, 4.69) is 21.5 Å². The van der Waals surface area contributed by atoms with Crippen molar-refractivity contribution in [1.29, 1.82) is 0 Å². The van der Waals surface area contributed by atoms with Crippen molar-refractivity contribution in [3.63, 3.8) is 0 Å². The number of anilines is 1. The van der Waals surface area contributed by atoms with E-state index >= 15 is 0 Å². The van der Waals surface area contributed by atoms with Crippen LogP contribution in [0.4, 0.5) is 5.82 Å². The molecule has 0 aromatic carbocycles. The van der Waals surface area contributed by atoms with Gasteiger partial charge in [0.2, 0.25) is 0 Å². The van der Waals surface area contributed by atoms with E-state index in [0.717, 1.165) is 23.3 Å². The van der Waals surface area contributed by atoms with Gasteiger partial charge >= 0.3 is 0 Å². The van der Waals surface area contributed by atoms with Gasteiger partial charge in [-0.05, 0) is 13.8 Å². The normalized spacial score (nSPS) is 10.9. The number of nitrogen functional groups attached to an aromatic ring is 1. The molecule has 0 amide bonds. The highest BCUT2D eigenvalue weighted by Gasteiger charge is 2.04. The van der Waals surface area contributed by atoms with E-state index in [0.29, 0.717) is 5.82 Å². The second kappa shape index (κ2) is 2.73. The van der Waals surface area contributed by atoms with E-state index in [1.165, 1.54) is 0 Å². The first-order chi connectivity index (χ1) is 6.20. The zero-order chi connectivity index (χ0) is 9.42. The van der Waals surface area contributed by atoms with E-state index in [4.69, 9.17) is 5.73 Å². The molecule has 68 valence electrons. The minimum absolute atomic E-state index is 0.565. The lowest BCUT2D eigenvalue weighted by Gasteiger charge is -1.95. The molecular weight excluding hydrogens is 164 g/mol. The van der Waals surface area contributed by atoms with Crippen molar-refractivity contribution in [3.8, 4) is 0 Å². The molecule has 0 atom stereocenters. The van der Waals surface area contributed by atoms with Gasteiger partial charge in [-0.25, -0.2) is 9.97 Å². The number of nitrogens with two attached hydrogens (primary N) is 1. The minimum atomic E-state index is 0.565. The lowest BCUT2D eigenvalue weighted by Crippen LogP contribution is -1.94. The Hall–Kier alpha value is -1.58. The highest BCUT2D eigenvalue weighted by Crippen LogP contribution is 2.18. The molecule has 2 aromatic rings. The summed E-state index contributed by atoms with van der Waals surface area (Å²) in [4.78, 5) is 8.40. The van der Waals surface area contributed by atoms with Crippen LogP contribution < -0.4 is 5.73 Å². The summed E-state index contributed by atoms with van der Waals surface area (Å²) in [6.07, 6.45) is 3.96. The highest BCUT2D eigenvalue weighted by molar-refractivity contribution is 5.87. The summed E-state index contributed by atoms with van der Waals surface area (Å²) in [5, 5.41) is 0.937. The lowest BCUT2D eigenvalue weighted by molar-refractivity contribution is 0.772. The SMILES string of the molecule is CCn1cc2nc(C)nc(N)c2c1. The van der Waals surface area contributed by atoms with E-state index in [1.54, 1.807) is 0 Å². The van der Waals surface area contributed by atoms with Crippen LogP contribution in [0.2, 0.25) is 0 Å². The third-order valence-corrected chi connectivity index (χ3v) is 2.06. The number of nitrogens with zero attached hydrogens (tertiary/aromatic N) is 3. The Bertz CT molecular complexity index is 444. The van der Waals surface area contributed by atoms with Crippen molar-refractivity contribution in [2.24, 2.45) is 0 Å². The fraction of sp³-hybridized carbons (Fsp3) is 0.333. The molecule has 13 heavy (non-hydrogen) atoms. The van der Waals surface area contributed by atoms with Crippen LogP contribution in [0.25, 0.3) is 10.9 Å². The molecule has 2 N–H and O–H groups in total. The number of fused-ring (bicyclic) bond motifs is 1. The summed E-state index contributed by atoms with van der Waals surface area (Å²) in [6, 6.07) is 0. The maximum Gasteiger partial charge on any atom is 0.136 e. The van der Waals surface area contributed by atoms with Gasteiger partial charge in [0, 0.05) is 18.9 Å². The fourth-order valence-electron chi connectivity index (χ4n) is 1.40. The molecule has 0 unspecified atom stereocenters. The van der Waals surface area contributed by atoms with Crippen LogP contribution in [0.3, 0.4) is 0 Å². The largest absolute Gasteiger partial charge is 0.383 e. The number of aryl methyl sites for hydroxylation is 2. The molecule has 0 aliphatic carbocycles. The maximum absolute atomic E-state index is 5.76. The van der Waals surface area contributed by atoms with Crippen molar-refractivity contribution < 1.29 is 0 Å². The molecule has 2 aromatic heterocycles. The zero-order valence-electron chi connectivity index (χ0n) is 7.78. The summed E-state index contributed by atoms with van der Waals surface area (Å²) in [7, 11) is 0. The third-order valence-electron chi connectivity index (χ3n) is 2.06. The van der Waals surface area contributed by atoms with E-state index in [-0.39, 0.29) is 0 Å². The Labute approximate surface area is 76.4 Å². The van der Waals surface area contributed by atoms with Crippen LogP contribution in [-0.2, 0) is 6.54 Å². The standard InChI is InChI=1S/C9H12N4/c1-3-13-4-7-8(5-13)11-6(2)12-9(7)10/h4-5H,3H2,1-2H3,(H2,10,11,12). The summed E-state index contributed by atoms with van der Waals surface area (Å²) >= 11 is 0. The smallest absolute Gasteiger partial charge is 0.136 e. The van der Waals surface area contributed by atoms with Crippen molar-refractivity contribution in [1.82, 2.24) is 14.5 Å². The molecule has 0 spiro atoms. The summed E-state index contributed by atoms with van der Waals surface area (Å²) in [5.74, 6) is 1.29. The molecule has 2 heterocycles. The van der Waals surface area contributed by atoms with Crippen LogP contribution in [0.15, 0.2) is 12.4 Å². The number of hydrogen-bond acceptors (Lipinski definition) is 3. The van der Waals surface area contributed by atoms with Gasteiger partial charge in [0.05, 0.1) is 10.9 Å². The van der Waals surface area contributed by atoms with Crippen LogP contribution in [0, 0.1) is 6.92 Å². The van der Waals surface area contributed by atoms with E-state index in [9.17, 15) is 0 Å². The monoisotopic (exact) mass is 176 g/mol. The Morgan fingerprint density at radius 1 is 1.38 bits per heavy atom. The molecule has 0 aliphatic rings. The number of hydrogen-bond donors (Lipinski definition) is 1. The average Bonchev–Trinajstić information content (AvgIpc) is 2.47. The van der Waals surface area contributed by atoms with Crippen molar-refractivity contribution in [3.05, 3.63) is 18.2 Å². The second-order valence-corrected chi connectivity index (χ2v) is 3.04. The van der Waals surface area contributed by atoms with E-state index in [1.807, 2.05) is 19.3 Å². The minimum Gasteiger partial charge on any atom is -0.383 e. The van der Waals surface area contributed by atoms with Crippen LogP contribution >= 0.6 is 0 Å². The maximum atomic E-state index is 5.76. The fourth-order valence-corrected chi connectivity index (χ4v) is 1.40. The first-order valence-electron chi connectivity index (χ1n) is 4.30. The van der Waals surface area contributed by atoms with Gasteiger partial charge < -0.3 is 10.3 Å². The van der Waals surface area contributed by atoms with Crippen molar-refractivity contribution in [2.45, 2.75) is 20.4 Å². The molecule has 0 saturated carbocycles. The molecule has 0 fully saturated rings. The van der Waals surface area contributed by atoms with Gasteiger partial charge in [0.25, 0.3) is 0 Å². The summed E-state index contributed by atoms with van der Waals surface area (Å²) in [6.45, 7) is 4.85. The van der Waals surface area contributed by atoms with Crippen LogP contribution in [0.5, 0.6) is 0 Å². The first kappa shape index (κ1) is 8.04. The third kappa shape index (κ3) is 1.24. The van der Waals surface area contributed by atoms with E-state index < -0.39 is 0 Å². The quantitative estimate of drug-likeness (QED) is 0.713. The summed E-state index contributed by atoms with van der Waals surface area (Å²) < 4.78 is 2.05. The van der Waals surface area contributed by atoms with Gasteiger partial charge in [0.15, 0.2) is 0 Å². The van der Waals surface area contributed by atoms with Gasteiger partial charge in [0.1, 0.15) is 11.6 Å². The van der Waals surface area contributed by atoms with Crippen molar-refractivity contribution >= 4 is 16.7 Å². The molecular formula is C9H12N4. The Balaban J connectivity index is 2.75. The average molecular weight is 176 g/mol. The molecule has 2 rings (SSSR count). The second-order valence-electron chi connectivity index (χ2n) is 3.04. The van der Waals surface area contributed by atoms with Gasteiger partial charge in [-0.3, -0.25) is 0 Å². The number of aromatic nitrogens is 3. The molecule has 0 saturated heterocycles. The lowest BCUT2D eigenvalue weighted by atomic mass is 10.3. The molecule has 0 bridgehead atoms. The van der Waals surface area contributed by atoms with Crippen molar-refractivity contribution in [2.75, 3.05) is 5.73 Å². The van der Waals surface area contributed by atoms with Gasteiger partial charge in [-0.2, -0.15) is 0 Å². The summed E-state index contributed by atoms with van der Waals surface area (Å²) in [5.41, 5.74) is 6.68. The Morgan fingerprint density at radius 2 is 2.15 bits per heavy atom. The topological polar surface area (TPSA) is 56.7 Å². The van der Waals surface area contributed by atoms with Gasteiger partial charge in [-0.15, -0.1) is 0 Å². The predicted molar refractivity (Wildman–Crippen MR) is 52.4 cm³/mol. The van der Waals surface area contributed by atoms with Crippen LogP contribution in [-0.4, -0.2) is 14.5 Å². The number of rotatable bonds is 1. The van der Waals surface area contributed by atoms with Gasteiger partial charge in [-0.1, -0.05) is 0 Å². The molecule has 4 nitrogen and oxygen atoms in total. The molecule has 0 aliphatic heterocycles. The predicted octanol–water partition coefficient (Wildman–Crippen LogP) is 1.34. The molecule has 0 radical (unpaired) electrons. The molecule has 4 heteroatoms. The van der Waals surface area contributed by atoms with Crippen LogP contribution in [0.1, 0.15) is 12.7 Å².